The standard InChI is InChI=1S/C12H15NO3/c1-7-5-9(14)6-8(2)11(7)10-3-4-16-12(15)13-10/h5-6,10,14H,3-4H2,1-2H3,(H,13,15)/t10-/m0/s1. The van der Waals surface area contributed by atoms with Crippen molar-refractivity contribution in [2.75, 3.05) is 6.61 Å². The Morgan fingerprint density at radius 2 is 2.00 bits per heavy atom. The Bertz CT molecular complexity index is 405. The molecule has 0 aliphatic carbocycles. The van der Waals surface area contributed by atoms with Gasteiger partial charge in [-0.1, -0.05) is 0 Å². The zero-order chi connectivity index (χ0) is 11.7. The second-order valence-corrected chi connectivity index (χ2v) is 4.11. The van der Waals surface area contributed by atoms with Crippen LogP contribution in [0.3, 0.4) is 0 Å². The van der Waals surface area contributed by atoms with Crippen LogP contribution in [0.5, 0.6) is 5.75 Å². The monoisotopic (exact) mass is 221 g/mol. The van der Waals surface area contributed by atoms with E-state index in [9.17, 15) is 9.90 Å². The Kier molecular flexibility index (Phi) is 2.73. The molecule has 86 valence electrons. The Labute approximate surface area is 94.2 Å². The van der Waals surface area contributed by atoms with Crippen LogP contribution in [0.1, 0.15) is 29.2 Å². The highest BCUT2D eigenvalue weighted by atomic mass is 16.5. The van der Waals surface area contributed by atoms with Crippen molar-refractivity contribution < 1.29 is 14.6 Å². The number of nitrogens with one attached hydrogen (secondary N) is 1. The van der Waals surface area contributed by atoms with Gasteiger partial charge in [-0.3, -0.25) is 0 Å². The van der Waals surface area contributed by atoms with Gasteiger partial charge in [0.2, 0.25) is 0 Å². The molecule has 16 heavy (non-hydrogen) atoms. The first-order valence-electron chi connectivity index (χ1n) is 5.31. The Morgan fingerprint density at radius 1 is 1.38 bits per heavy atom. The number of cyclic esters (lactones) is 1. The molecule has 1 fully saturated rings. The summed E-state index contributed by atoms with van der Waals surface area (Å²) >= 11 is 0. The Hall–Kier alpha value is -1.71. The van der Waals surface area contributed by atoms with E-state index in [0.717, 1.165) is 23.1 Å². The number of aromatic hydroxyl groups is 1. The molecular formula is C12H15NO3. The number of amides is 1. The molecule has 0 aromatic heterocycles. The minimum atomic E-state index is -0.372. The van der Waals surface area contributed by atoms with Crippen LogP contribution in [-0.2, 0) is 4.74 Å². The molecule has 4 nitrogen and oxygen atoms in total. The topological polar surface area (TPSA) is 58.6 Å². The summed E-state index contributed by atoms with van der Waals surface area (Å²) in [5.74, 6) is 0.261. The van der Waals surface area contributed by atoms with Gasteiger partial charge in [0.25, 0.3) is 0 Å². The maximum atomic E-state index is 11.2. The molecule has 1 amide bonds. The van der Waals surface area contributed by atoms with E-state index in [1.807, 2.05) is 13.8 Å². The minimum Gasteiger partial charge on any atom is -0.508 e. The summed E-state index contributed by atoms with van der Waals surface area (Å²) in [6.07, 6.45) is 0.390. The molecule has 1 aromatic rings. The first-order valence-corrected chi connectivity index (χ1v) is 5.31. The number of aryl methyl sites for hydroxylation is 2. The second kappa shape index (κ2) is 4.04. The number of rotatable bonds is 1. The summed E-state index contributed by atoms with van der Waals surface area (Å²) in [5.41, 5.74) is 3.06. The van der Waals surface area contributed by atoms with Crippen LogP contribution in [0.2, 0.25) is 0 Å². The molecule has 1 aliphatic heterocycles. The van der Waals surface area contributed by atoms with Crippen LogP contribution in [0.25, 0.3) is 0 Å². The Balaban J connectivity index is 2.35. The average molecular weight is 221 g/mol. The third-order valence-corrected chi connectivity index (χ3v) is 2.86. The SMILES string of the molecule is Cc1cc(O)cc(C)c1[C@@H]1CCOC(=O)N1. The summed E-state index contributed by atoms with van der Waals surface area (Å²) in [6.45, 7) is 4.31. The van der Waals surface area contributed by atoms with Crippen LogP contribution in [0.4, 0.5) is 4.79 Å². The Morgan fingerprint density at radius 3 is 2.56 bits per heavy atom. The van der Waals surface area contributed by atoms with E-state index in [0.29, 0.717) is 6.61 Å². The van der Waals surface area contributed by atoms with Crippen molar-refractivity contribution in [1.82, 2.24) is 5.32 Å². The van der Waals surface area contributed by atoms with E-state index >= 15 is 0 Å². The summed E-state index contributed by atoms with van der Waals surface area (Å²) in [4.78, 5) is 11.2. The molecule has 0 saturated carbocycles. The second-order valence-electron chi connectivity index (χ2n) is 4.11. The third-order valence-electron chi connectivity index (χ3n) is 2.86. The van der Waals surface area contributed by atoms with Crippen molar-refractivity contribution in [2.24, 2.45) is 0 Å². The van der Waals surface area contributed by atoms with Gasteiger partial charge in [-0.25, -0.2) is 4.79 Å². The number of carbonyl (C=O) groups is 1. The van der Waals surface area contributed by atoms with Crippen LogP contribution >= 0.6 is 0 Å². The van der Waals surface area contributed by atoms with Gasteiger partial charge in [0.1, 0.15) is 5.75 Å². The van der Waals surface area contributed by atoms with Crippen molar-refractivity contribution in [3.63, 3.8) is 0 Å². The quantitative estimate of drug-likeness (QED) is 0.764. The molecule has 2 N–H and O–H groups in total. The number of hydrogen-bond acceptors (Lipinski definition) is 3. The van der Waals surface area contributed by atoms with Crippen molar-refractivity contribution in [3.05, 3.63) is 28.8 Å². The summed E-state index contributed by atoms with van der Waals surface area (Å²) in [5, 5.41) is 12.2. The number of phenolic OH excluding ortho intramolecular Hbond substituents is 1. The molecule has 1 saturated heterocycles. The molecule has 0 radical (unpaired) electrons. The summed E-state index contributed by atoms with van der Waals surface area (Å²) in [6, 6.07) is 3.41. The zero-order valence-electron chi connectivity index (χ0n) is 9.41. The van der Waals surface area contributed by atoms with Gasteiger partial charge >= 0.3 is 6.09 Å². The predicted octanol–water partition coefficient (Wildman–Crippen LogP) is 2.18. The van der Waals surface area contributed by atoms with Crippen LogP contribution in [-0.4, -0.2) is 17.8 Å². The highest BCUT2D eigenvalue weighted by molar-refractivity contribution is 5.69. The van der Waals surface area contributed by atoms with E-state index in [-0.39, 0.29) is 17.9 Å². The number of phenols is 1. The van der Waals surface area contributed by atoms with Gasteiger partial charge in [0.15, 0.2) is 0 Å². The molecule has 1 aromatic carbocycles. The number of benzene rings is 1. The number of hydrogen-bond donors (Lipinski definition) is 2. The van der Waals surface area contributed by atoms with Crippen molar-refractivity contribution in [3.8, 4) is 5.75 Å². The van der Waals surface area contributed by atoms with Gasteiger partial charge in [0, 0.05) is 6.42 Å². The summed E-state index contributed by atoms with van der Waals surface area (Å²) in [7, 11) is 0. The lowest BCUT2D eigenvalue weighted by Gasteiger charge is -2.26. The predicted molar refractivity (Wildman–Crippen MR) is 59.4 cm³/mol. The summed E-state index contributed by atoms with van der Waals surface area (Å²) < 4.78 is 4.83. The van der Waals surface area contributed by atoms with E-state index in [2.05, 4.69) is 5.32 Å². The molecule has 0 unspecified atom stereocenters. The van der Waals surface area contributed by atoms with Gasteiger partial charge in [-0.05, 0) is 42.7 Å². The molecule has 1 heterocycles. The molecular weight excluding hydrogens is 206 g/mol. The smallest absolute Gasteiger partial charge is 0.407 e. The first-order chi connectivity index (χ1) is 7.58. The van der Waals surface area contributed by atoms with Crippen molar-refractivity contribution >= 4 is 6.09 Å². The number of carbonyl (C=O) groups excluding carboxylic acids is 1. The van der Waals surface area contributed by atoms with E-state index < -0.39 is 0 Å². The maximum Gasteiger partial charge on any atom is 0.407 e. The fourth-order valence-corrected chi connectivity index (χ4v) is 2.24. The van der Waals surface area contributed by atoms with Crippen molar-refractivity contribution in [1.29, 1.82) is 0 Å². The lowest BCUT2D eigenvalue weighted by atomic mass is 9.93. The molecule has 1 atom stereocenters. The normalized spacial score (nSPS) is 20.1. The van der Waals surface area contributed by atoms with E-state index in [1.165, 1.54) is 0 Å². The largest absolute Gasteiger partial charge is 0.508 e. The highest BCUT2D eigenvalue weighted by Gasteiger charge is 2.23. The third kappa shape index (κ3) is 1.96. The zero-order valence-corrected chi connectivity index (χ0v) is 9.41. The molecule has 2 rings (SSSR count). The van der Waals surface area contributed by atoms with E-state index in [4.69, 9.17) is 4.74 Å². The average Bonchev–Trinajstić information content (AvgIpc) is 2.15. The van der Waals surface area contributed by atoms with Gasteiger partial charge in [-0.15, -0.1) is 0 Å². The molecule has 1 aliphatic rings. The lowest BCUT2D eigenvalue weighted by molar-refractivity contribution is 0.115. The van der Waals surface area contributed by atoms with Crippen LogP contribution in [0.15, 0.2) is 12.1 Å². The molecule has 0 bridgehead atoms. The fraction of sp³-hybridized carbons (Fsp3) is 0.417. The van der Waals surface area contributed by atoms with Crippen LogP contribution in [0, 0.1) is 13.8 Å². The van der Waals surface area contributed by atoms with Gasteiger partial charge < -0.3 is 15.2 Å². The van der Waals surface area contributed by atoms with Gasteiger partial charge in [0.05, 0.1) is 12.6 Å². The lowest BCUT2D eigenvalue weighted by Crippen LogP contribution is -2.36. The first kappa shape index (κ1) is 10.8. The maximum absolute atomic E-state index is 11.2. The number of alkyl carbamates (subject to hydrolysis) is 1. The van der Waals surface area contributed by atoms with Crippen molar-refractivity contribution in [2.45, 2.75) is 26.3 Å². The highest BCUT2D eigenvalue weighted by Crippen LogP contribution is 2.29. The minimum absolute atomic E-state index is 0.0122. The fourth-order valence-electron chi connectivity index (χ4n) is 2.24. The van der Waals surface area contributed by atoms with Crippen LogP contribution < -0.4 is 5.32 Å². The number of ether oxygens (including phenoxy) is 1. The molecule has 0 spiro atoms. The molecule has 4 heteroatoms. The van der Waals surface area contributed by atoms with E-state index in [1.54, 1.807) is 12.1 Å². The van der Waals surface area contributed by atoms with Gasteiger partial charge in [-0.2, -0.15) is 0 Å².